The number of piperidine rings is 1. The maximum atomic E-state index is 4.53. The van der Waals surface area contributed by atoms with Crippen molar-refractivity contribution >= 4 is 11.5 Å². The minimum absolute atomic E-state index is 0.458. The number of piperazine rings is 1. The quantitative estimate of drug-likeness (QED) is 0.623. The van der Waals surface area contributed by atoms with E-state index in [4.69, 9.17) is 0 Å². The number of benzene rings is 2. The van der Waals surface area contributed by atoms with Crippen molar-refractivity contribution in [2.24, 2.45) is 0 Å². The zero-order chi connectivity index (χ0) is 22.5. The summed E-state index contributed by atoms with van der Waals surface area (Å²) in [4.78, 5) is 16.4. The first-order valence-electron chi connectivity index (χ1n) is 12.1. The zero-order valence-corrected chi connectivity index (χ0v) is 19.5. The molecule has 0 unspecified atom stereocenters. The lowest BCUT2D eigenvalue weighted by Gasteiger charge is -2.34. The van der Waals surface area contributed by atoms with E-state index in [2.05, 4.69) is 97.7 Å². The molecule has 0 spiro atoms. The van der Waals surface area contributed by atoms with Crippen LogP contribution in [0.5, 0.6) is 0 Å². The maximum Gasteiger partial charge on any atom is 0.130 e. The standard InChI is InChI=1S/C27H34N6/c1-31-15-17-33(18-16-31)25-9-7-23(8-10-25)26-19-27(29-21-28-26)30-24-11-13-32(14-12-24)20-22-5-3-2-4-6-22/h2-10,19,21,24H,11-18,20H2,1H3,(H,28,29,30). The topological polar surface area (TPSA) is 47.5 Å². The molecule has 2 saturated heterocycles. The summed E-state index contributed by atoms with van der Waals surface area (Å²) in [7, 11) is 2.19. The highest BCUT2D eigenvalue weighted by molar-refractivity contribution is 5.65. The summed E-state index contributed by atoms with van der Waals surface area (Å²) >= 11 is 0. The number of hydrogen-bond acceptors (Lipinski definition) is 6. The van der Waals surface area contributed by atoms with Gasteiger partial charge in [0.05, 0.1) is 5.69 Å². The number of nitrogens with zero attached hydrogens (tertiary/aromatic N) is 5. The number of nitrogens with one attached hydrogen (secondary N) is 1. The highest BCUT2D eigenvalue weighted by Crippen LogP contribution is 2.24. The Morgan fingerprint density at radius 1 is 0.848 bits per heavy atom. The molecular formula is C27H34N6. The summed E-state index contributed by atoms with van der Waals surface area (Å²) in [5, 5.41) is 3.65. The smallest absolute Gasteiger partial charge is 0.130 e. The highest BCUT2D eigenvalue weighted by atomic mass is 15.2. The van der Waals surface area contributed by atoms with Crippen LogP contribution in [0.25, 0.3) is 11.3 Å². The molecule has 3 heterocycles. The van der Waals surface area contributed by atoms with Crippen molar-refractivity contribution in [1.29, 1.82) is 0 Å². The van der Waals surface area contributed by atoms with Crippen LogP contribution in [0.4, 0.5) is 11.5 Å². The second kappa shape index (κ2) is 10.3. The van der Waals surface area contributed by atoms with Crippen LogP contribution in [-0.4, -0.2) is 72.1 Å². The Bertz CT molecular complexity index is 1010. The molecule has 0 radical (unpaired) electrons. The molecule has 2 aliphatic heterocycles. The number of hydrogen-bond donors (Lipinski definition) is 1. The van der Waals surface area contributed by atoms with E-state index < -0.39 is 0 Å². The summed E-state index contributed by atoms with van der Waals surface area (Å²) in [5.41, 5.74) is 4.79. The molecule has 3 aromatic rings. The number of anilines is 2. The van der Waals surface area contributed by atoms with Gasteiger partial charge in [-0.1, -0.05) is 42.5 Å². The molecule has 0 amide bonds. The van der Waals surface area contributed by atoms with Gasteiger partial charge in [0.1, 0.15) is 12.1 Å². The first kappa shape index (κ1) is 21.9. The summed E-state index contributed by atoms with van der Waals surface area (Å²) in [6.45, 7) is 7.66. The fourth-order valence-corrected chi connectivity index (χ4v) is 4.79. The number of likely N-dealkylation sites (tertiary alicyclic amines) is 1. The second-order valence-electron chi connectivity index (χ2n) is 9.31. The second-order valence-corrected chi connectivity index (χ2v) is 9.31. The van der Waals surface area contributed by atoms with Crippen molar-refractivity contribution in [1.82, 2.24) is 19.8 Å². The van der Waals surface area contributed by atoms with Gasteiger partial charge in [-0.3, -0.25) is 4.90 Å². The van der Waals surface area contributed by atoms with Crippen molar-refractivity contribution in [3.63, 3.8) is 0 Å². The van der Waals surface area contributed by atoms with Gasteiger partial charge in [0.25, 0.3) is 0 Å². The van der Waals surface area contributed by atoms with E-state index in [-0.39, 0.29) is 0 Å². The van der Waals surface area contributed by atoms with Gasteiger partial charge in [-0.25, -0.2) is 9.97 Å². The van der Waals surface area contributed by atoms with E-state index in [0.717, 1.165) is 75.7 Å². The molecule has 6 heteroatoms. The SMILES string of the molecule is CN1CCN(c2ccc(-c3cc(NC4CCN(Cc5ccccc5)CC4)ncn3)cc2)CC1. The Balaban J connectivity index is 1.16. The van der Waals surface area contributed by atoms with E-state index in [1.165, 1.54) is 11.3 Å². The zero-order valence-electron chi connectivity index (χ0n) is 19.5. The Morgan fingerprint density at radius 2 is 1.58 bits per heavy atom. The first-order valence-corrected chi connectivity index (χ1v) is 12.1. The highest BCUT2D eigenvalue weighted by Gasteiger charge is 2.20. The number of rotatable bonds is 6. The van der Waals surface area contributed by atoms with Crippen molar-refractivity contribution in [3.8, 4) is 11.3 Å². The van der Waals surface area contributed by atoms with E-state index in [1.807, 2.05) is 0 Å². The molecule has 33 heavy (non-hydrogen) atoms. The van der Waals surface area contributed by atoms with Crippen LogP contribution < -0.4 is 10.2 Å². The van der Waals surface area contributed by atoms with Gasteiger partial charge < -0.3 is 15.1 Å². The molecule has 172 valence electrons. The van der Waals surface area contributed by atoms with Gasteiger partial charge in [0.15, 0.2) is 0 Å². The monoisotopic (exact) mass is 442 g/mol. The van der Waals surface area contributed by atoms with Crippen LogP contribution in [0, 0.1) is 0 Å². The Hall–Kier alpha value is -2.96. The molecule has 1 N–H and O–H groups in total. The minimum atomic E-state index is 0.458. The fraction of sp³-hybridized carbons (Fsp3) is 0.407. The predicted molar refractivity (Wildman–Crippen MR) is 136 cm³/mol. The summed E-state index contributed by atoms with van der Waals surface area (Å²) < 4.78 is 0. The van der Waals surface area contributed by atoms with E-state index in [9.17, 15) is 0 Å². The van der Waals surface area contributed by atoms with E-state index >= 15 is 0 Å². The molecule has 0 saturated carbocycles. The molecule has 2 aliphatic rings. The van der Waals surface area contributed by atoms with Gasteiger partial charge in [-0.15, -0.1) is 0 Å². The lowest BCUT2D eigenvalue weighted by Crippen LogP contribution is -2.44. The average Bonchev–Trinajstić information content (AvgIpc) is 2.87. The largest absolute Gasteiger partial charge is 0.369 e. The first-order chi connectivity index (χ1) is 16.2. The van der Waals surface area contributed by atoms with Crippen molar-refractivity contribution in [2.45, 2.75) is 25.4 Å². The van der Waals surface area contributed by atoms with Crippen molar-refractivity contribution in [3.05, 3.63) is 72.6 Å². The molecule has 0 bridgehead atoms. The van der Waals surface area contributed by atoms with Crippen LogP contribution >= 0.6 is 0 Å². The lowest BCUT2D eigenvalue weighted by atomic mass is 10.0. The minimum Gasteiger partial charge on any atom is -0.369 e. The Labute approximate surface area is 197 Å². The third kappa shape index (κ3) is 5.70. The third-order valence-corrected chi connectivity index (χ3v) is 6.89. The Morgan fingerprint density at radius 3 is 2.30 bits per heavy atom. The van der Waals surface area contributed by atoms with Crippen LogP contribution in [0.15, 0.2) is 67.0 Å². The third-order valence-electron chi connectivity index (χ3n) is 6.89. The summed E-state index contributed by atoms with van der Waals surface area (Å²) in [6, 6.07) is 22.1. The summed E-state index contributed by atoms with van der Waals surface area (Å²) in [5.74, 6) is 0.921. The van der Waals surface area contributed by atoms with Crippen molar-refractivity contribution in [2.75, 3.05) is 56.5 Å². The molecule has 0 aliphatic carbocycles. The lowest BCUT2D eigenvalue weighted by molar-refractivity contribution is 0.211. The number of aromatic nitrogens is 2. The molecular weight excluding hydrogens is 408 g/mol. The van der Waals surface area contributed by atoms with Gasteiger partial charge in [-0.05, 0) is 37.6 Å². The molecule has 2 fully saturated rings. The van der Waals surface area contributed by atoms with Crippen LogP contribution in [0.2, 0.25) is 0 Å². The van der Waals surface area contributed by atoms with Gasteiger partial charge in [0, 0.05) is 69.2 Å². The molecule has 1 aromatic heterocycles. The van der Waals surface area contributed by atoms with Gasteiger partial charge >= 0.3 is 0 Å². The fourth-order valence-electron chi connectivity index (χ4n) is 4.79. The molecule has 2 aromatic carbocycles. The van der Waals surface area contributed by atoms with Crippen LogP contribution in [0.1, 0.15) is 18.4 Å². The van der Waals surface area contributed by atoms with Crippen molar-refractivity contribution < 1.29 is 0 Å². The Kier molecular flexibility index (Phi) is 6.84. The molecule has 0 atom stereocenters. The van der Waals surface area contributed by atoms with E-state index in [1.54, 1.807) is 6.33 Å². The van der Waals surface area contributed by atoms with Gasteiger partial charge in [-0.2, -0.15) is 0 Å². The average molecular weight is 443 g/mol. The normalized spacial score (nSPS) is 18.4. The number of likely N-dealkylation sites (N-methyl/N-ethyl adjacent to an activating group) is 1. The maximum absolute atomic E-state index is 4.53. The predicted octanol–water partition coefficient (Wildman–Crippen LogP) is 3.97. The van der Waals surface area contributed by atoms with Crippen LogP contribution in [0.3, 0.4) is 0 Å². The van der Waals surface area contributed by atoms with Crippen LogP contribution in [-0.2, 0) is 6.54 Å². The van der Waals surface area contributed by atoms with Gasteiger partial charge in [0.2, 0.25) is 0 Å². The molecule has 5 rings (SSSR count). The summed E-state index contributed by atoms with van der Waals surface area (Å²) in [6.07, 6.45) is 3.94. The van der Waals surface area contributed by atoms with E-state index in [0.29, 0.717) is 6.04 Å². The molecule has 6 nitrogen and oxygen atoms in total.